The zero-order chi connectivity index (χ0) is 31.2. The van der Waals surface area contributed by atoms with Gasteiger partial charge in [-0.15, -0.1) is 0 Å². The normalized spacial score (nSPS) is 17.3. The highest BCUT2D eigenvalue weighted by molar-refractivity contribution is 7.85. The lowest BCUT2D eigenvalue weighted by Crippen LogP contribution is -2.29. The maximum absolute atomic E-state index is 13.4. The summed E-state index contributed by atoms with van der Waals surface area (Å²) in [5, 5.41) is 2.85. The number of H-pyrrole nitrogens is 1. The van der Waals surface area contributed by atoms with Crippen molar-refractivity contribution >= 4 is 50.7 Å². The molecular formula is C36H33N5O4S. The van der Waals surface area contributed by atoms with Crippen molar-refractivity contribution in [3.05, 3.63) is 95.6 Å². The van der Waals surface area contributed by atoms with Gasteiger partial charge in [-0.2, -0.15) is 0 Å². The molecule has 1 saturated heterocycles. The van der Waals surface area contributed by atoms with E-state index in [2.05, 4.69) is 27.3 Å². The van der Waals surface area contributed by atoms with Crippen LogP contribution in [0.15, 0.2) is 83.8 Å². The molecule has 1 aromatic heterocycles. The van der Waals surface area contributed by atoms with Gasteiger partial charge in [0, 0.05) is 51.9 Å². The van der Waals surface area contributed by atoms with Gasteiger partial charge < -0.3 is 24.8 Å². The second-order valence-corrected chi connectivity index (χ2v) is 13.6. The van der Waals surface area contributed by atoms with Crippen molar-refractivity contribution in [3.8, 4) is 17.1 Å². The summed E-state index contributed by atoms with van der Waals surface area (Å²) in [7, 11) is -0.939. The summed E-state index contributed by atoms with van der Waals surface area (Å²) in [6, 6.07) is 25.0. The minimum Gasteiger partial charge on any atom is -0.484 e. The Bertz CT molecular complexity index is 2020. The first kappa shape index (κ1) is 28.5. The third-order valence-electron chi connectivity index (χ3n) is 9.04. The van der Waals surface area contributed by atoms with Gasteiger partial charge in [-0.1, -0.05) is 0 Å². The van der Waals surface area contributed by atoms with E-state index in [0.29, 0.717) is 29.6 Å². The lowest BCUT2D eigenvalue weighted by molar-refractivity contribution is -0.118. The van der Waals surface area contributed by atoms with Crippen LogP contribution in [-0.2, 0) is 28.6 Å². The van der Waals surface area contributed by atoms with Crippen molar-refractivity contribution in [1.82, 2.24) is 9.97 Å². The number of benzene rings is 4. The average Bonchev–Trinajstić information content (AvgIpc) is 3.78. The number of amides is 2. The van der Waals surface area contributed by atoms with Crippen LogP contribution in [0, 0.1) is 0 Å². The standard InChI is InChI=1S/C36H33N5O4S/c42-34(37-26-6-13-33-24(18-26)14-17-46(33)44)22-45-29-9-4-23(5-10-29)35-38-31-12-8-28(20-32(31)39-35)41-21-25-19-27(7-11-30(25)36(41)43)40-15-2-1-3-16-40/h4-13,18-20H,1-3,14-17,21-22H2,(H,37,42)(H,38,39). The van der Waals surface area contributed by atoms with E-state index in [9.17, 15) is 13.8 Å². The number of aromatic amines is 1. The first-order chi connectivity index (χ1) is 22.5. The Kier molecular flexibility index (Phi) is 7.29. The van der Waals surface area contributed by atoms with E-state index in [0.717, 1.165) is 63.4 Å². The fourth-order valence-corrected chi connectivity index (χ4v) is 7.91. The summed E-state index contributed by atoms with van der Waals surface area (Å²) in [4.78, 5) is 39.1. The topological polar surface area (TPSA) is 108 Å². The molecule has 2 amide bonds. The van der Waals surface area contributed by atoms with Gasteiger partial charge in [0.05, 0.1) is 28.4 Å². The molecular weight excluding hydrogens is 598 g/mol. The van der Waals surface area contributed by atoms with Gasteiger partial charge >= 0.3 is 0 Å². The molecule has 0 spiro atoms. The molecule has 4 aromatic carbocycles. The second-order valence-electron chi connectivity index (χ2n) is 12.1. The lowest BCUT2D eigenvalue weighted by atomic mass is 10.1. The number of hydrogen-bond acceptors (Lipinski definition) is 6. The predicted molar refractivity (Wildman–Crippen MR) is 180 cm³/mol. The molecule has 2 N–H and O–H groups in total. The molecule has 4 heterocycles. The monoisotopic (exact) mass is 631 g/mol. The largest absolute Gasteiger partial charge is 0.484 e. The highest BCUT2D eigenvalue weighted by Gasteiger charge is 2.29. The number of nitrogens with zero attached hydrogens (tertiary/aromatic N) is 3. The van der Waals surface area contributed by atoms with Gasteiger partial charge in [0.15, 0.2) is 6.61 Å². The smallest absolute Gasteiger partial charge is 0.262 e. The number of rotatable bonds is 7. The third kappa shape index (κ3) is 5.43. The zero-order valence-electron chi connectivity index (χ0n) is 25.3. The number of anilines is 3. The molecule has 0 bridgehead atoms. The van der Waals surface area contributed by atoms with Crippen LogP contribution in [0.3, 0.4) is 0 Å². The number of nitrogens with one attached hydrogen (secondary N) is 2. The highest BCUT2D eigenvalue weighted by atomic mass is 32.2. The average molecular weight is 632 g/mol. The number of piperidine rings is 1. The summed E-state index contributed by atoms with van der Waals surface area (Å²) < 4.78 is 17.7. The molecule has 0 radical (unpaired) electrons. The third-order valence-corrected chi connectivity index (χ3v) is 10.5. The number of imidazole rings is 1. The summed E-state index contributed by atoms with van der Waals surface area (Å²) in [5.41, 5.74) is 8.11. The molecule has 0 saturated carbocycles. The van der Waals surface area contributed by atoms with E-state index < -0.39 is 10.8 Å². The van der Waals surface area contributed by atoms with Crippen molar-refractivity contribution in [2.45, 2.75) is 37.1 Å². The Morgan fingerprint density at radius 1 is 0.913 bits per heavy atom. The van der Waals surface area contributed by atoms with Gasteiger partial charge in [0.25, 0.3) is 11.8 Å². The molecule has 232 valence electrons. The molecule has 46 heavy (non-hydrogen) atoms. The van der Waals surface area contributed by atoms with Crippen LogP contribution >= 0.6 is 0 Å². The maximum Gasteiger partial charge on any atom is 0.262 e. The number of carbonyl (C=O) groups is 2. The highest BCUT2D eigenvalue weighted by Crippen LogP contribution is 2.34. The molecule has 5 aromatic rings. The number of aryl methyl sites for hydroxylation is 1. The zero-order valence-corrected chi connectivity index (χ0v) is 26.1. The van der Waals surface area contributed by atoms with E-state index in [4.69, 9.17) is 9.72 Å². The van der Waals surface area contributed by atoms with Crippen LogP contribution in [0.1, 0.15) is 40.7 Å². The molecule has 3 aliphatic heterocycles. The Balaban J connectivity index is 0.916. The predicted octanol–water partition coefficient (Wildman–Crippen LogP) is 6.06. The summed E-state index contributed by atoms with van der Waals surface area (Å²) >= 11 is 0. The number of carbonyl (C=O) groups excluding carboxylic acids is 2. The van der Waals surface area contributed by atoms with Crippen LogP contribution in [0.2, 0.25) is 0 Å². The molecule has 1 fully saturated rings. The minimum absolute atomic E-state index is 0.0218. The quantitative estimate of drug-likeness (QED) is 0.226. The summed E-state index contributed by atoms with van der Waals surface area (Å²) in [5.74, 6) is 1.66. The van der Waals surface area contributed by atoms with Crippen molar-refractivity contribution in [2.75, 3.05) is 40.6 Å². The molecule has 10 heteroatoms. The fraction of sp³-hybridized carbons (Fsp3) is 0.250. The van der Waals surface area contributed by atoms with Crippen molar-refractivity contribution < 1.29 is 18.5 Å². The number of fused-ring (bicyclic) bond motifs is 3. The van der Waals surface area contributed by atoms with Crippen LogP contribution < -0.4 is 19.9 Å². The minimum atomic E-state index is -0.939. The summed E-state index contributed by atoms with van der Waals surface area (Å²) in [6.45, 7) is 2.57. The summed E-state index contributed by atoms with van der Waals surface area (Å²) in [6.07, 6.45) is 4.48. The molecule has 8 rings (SSSR count). The van der Waals surface area contributed by atoms with Crippen LogP contribution in [0.5, 0.6) is 5.75 Å². The number of ether oxygens (including phenoxy) is 1. The van der Waals surface area contributed by atoms with Gasteiger partial charge in [-0.25, -0.2) is 4.98 Å². The van der Waals surface area contributed by atoms with Crippen molar-refractivity contribution in [2.24, 2.45) is 0 Å². The Morgan fingerprint density at radius 2 is 1.74 bits per heavy atom. The van der Waals surface area contributed by atoms with Crippen LogP contribution in [0.25, 0.3) is 22.4 Å². The van der Waals surface area contributed by atoms with E-state index in [1.807, 2.05) is 65.6 Å². The van der Waals surface area contributed by atoms with E-state index in [1.165, 1.54) is 24.9 Å². The molecule has 1 unspecified atom stereocenters. The van der Waals surface area contributed by atoms with Crippen LogP contribution in [-0.4, -0.2) is 51.4 Å². The first-order valence-corrected chi connectivity index (χ1v) is 17.0. The van der Waals surface area contributed by atoms with E-state index in [-0.39, 0.29) is 18.4 Å². The molecule has 3 aliphatic rings. The van der Waals surface area contributed by atoms with E-state index >= 15 is 0 Å². The molecule has 9 nitrogen and oxygen atoms in total. The Morgan fingerprint density at radius 3 is 2.59 bits per heavy atom. The van der Waals surface area contributed by atoms with Crippen LogP contribution in [0.4, 0.5) is 17.1 Å². The van der Waals surface area contributed by atoms with E-state index in [1.54, 1.807) is 6.07 Å². The second kappa shape index (κ2) is 11.8. The van der Waals surface area contributed by atoms with Gasteiger partial charge in [-0.05, 0) is 116 Å². The number of hydrogen-bond donors (Lipinski definition) is 2. The SMILES string of the molecule is O=C(COc1ccc(-c2nc3ccc(N4Cc5cc(N6CCCCC6)ccc5C4=O)cc3[nH]2)cc1)Nc1ccc2c(c1)CCS2=O. The Labute approximate surface area is 269 Å². The maximum atomic E-state index is 13.4. The molecule has 0 aliphatic carbocycles. The Hall–Kier alpha value is -4.96. The van der Waals surface area contributed by atoms with Gasteiger partial charge in [-0.3, -0.25) is 13.8 Å². The van der Waals surface area contributed by atoms with Gasteiger partial charge in [0.2, 0.25) is 0 Å². The molecule has 1 atom stereocenters. The first-order valence-electron chi connectivity index (χ1n) is 15.7. The van der Waals surface area contributed by atoms with Gasteiger partial charge in [0.1, 0.15) is 11.6 Å². The van der Waals surface area contributed by atoms with Crippen molar-refractivity contribution in [1.29, 1.82) is 0 Å². The number of aromatic nitrogens is 2. The van der Waals surface area contributed by atoms with Crippen molar-refractivity contribution in [3.63, 3.8) is 0 Å². The fourth-order valence-electron chi connectivity index (χ4n) is 6.61. The lowest BCUT2D eigenvalue weighted by Gasteiger charge is -2.29.